The summed E-state index contributed by atoms with van der Waals surface area (Å²) in [4.78, 5) is 13.4. The second-order valence-corrected chi connectivity index (χ2v) is 5.08. The first-order valence-corrected chi connectivity index (χ1v) is 6.34. The number of carbonyl (C=O) groups excluding carboxylic acids is 1. The maximum atomic E-state index is 11.0. The molecule has 0 aliphatic carbocycles. The van der Waals surface area contributed by atoms with E-state index >= 15 is 0 Å². The molecule has 1 amide bonds. The number of nitrogens with zero attached hydrogens (tertiary/aromatic N) is 3. The molecule has 0 radical (unpaired) electrons. The SMILES string of the molecule is [N-]=[N+]=NC(Cc1ccc(S(N)(=O)=O)cc1)C(N)=O. The number of primary amides is 1. The number of nitrogens with two attached hydrogens (primary N) is 2. The molecular formula is C9H11N5O3S. The molecule has 1 rings (SSSR count). The third kappa shape index (κ3) is 3.74. The first-order chi connectivity index (χ1) is 8.34. The van der Waals surface area contributed by atoms with Gasteiger partial charge in [-0.2, -0.15) is 0 Å². The van der Waals surface area contributed by atoms with Gasteiger partial charge in [0, 0.05) is 4.91 Å². The Labute approximate surface area is 103 Å². The molecule has 0 aliphatic heterocycles. The van der Waals surface area contributed by atoms with Gasteiger partial charge in [-0.1, -0.05) is 17.2 Å². The van der Waals surface area contributed by atoms with Gasteiger partial charge in [-0.25, -0.2) is 13.6 Å². The average molecular weight is 269 g/mol. The summed E-state index contributed by atoms with van der Waals surface area (Å²) < 4.78 is 22.0. The highest BCUT2D eigenvalue weighted by molar-refractivity contribution is 7.89. The summed E-state index contributed by atoms with van der Waals surface area (Å²) in [5.41, 5.74) is 13.9. The van der Waals surface area contributed by atoms with Crippen LogP contribution in [0.3, 0.4) is 0 Å². The van der Waals surface area contributed by atoms with E-state index in [0.29, 0.717) is 5.56 Å². The zero-order valence-electron chi connectivity index (χ0n) is 9.22. The van der Waals surface area contributed by atoms with Gasteiger partial charge in [0.2, 0.25) is 15.9 Å². The number of rotatable bonds is 5. The Morgan fingerprint density at radius 1 is 1.39 bits per heavy atom. The highest BCUT2D eigenvalue weighted by Crippen LogP contribution is 2.11. The Hall–Kier alpha value is -2.09. The van der Waals surface area contributed by atoms with Gasteiger partial charge in [0.15, 0.2) is 0 Å². The molecule has 1 atom stereocenters. The highest BCUT2D eigenvalue weighted by atomic mass is 32.2. The number of amides is 1. The van der Waals surface area contributed by atoms with E-state index in [-0.39, 0.29) is 11.3 Å². The Bertz CT molecular complexity index is 587. The second kappa shape index (κ2) is 5.50. The van der Waals surface area contributed by atoms with Gasteiger partial charge in [0.1, 0.15) is 6.04 Å². The summed E-state index contributed by atoms with van der Waals surface area (Å²) >= 11 is 0. The molecule has 0 saturated carbocycles. The van der Waals surface area contributed by atoms with Crippen LogP contribution in [0.4, 0.5) is 0 Å². The lowest BCUT2D eigenvalue weighted by Gasteiger charge is -2.07. The van der Waals surface area contributed by atoms with Crippen LogP contribution < -0.4 is 10.9 Å². The van der Waals surface area contributed by atoms with Crippen molar-refractivity contribution in [2.45, 2.75) is 17.4 Å². The fourth-order valence-corrected chi connectivity index (χ4v) is 1.81. The van der Waals surface area contributed by atoms with Gasteiger partial charge in [0.25, 0.3) is 0 Å². The lowest BCUT2D eigenvalue weighted by Crippen LogP contribution is -2.28. The largest absolute Gasteiger partial charge is 0.369 e. The van der Waals surface area contributed by atoms with E-state index in [1.807, 2.05) is 0 Å². The maximum Gasteiger partial charge on any atom is 0.238 e. The minimum absolute atomic E-state index is 0.0364. The van der Waals surface area contributed by atoms with Crippen LogP contribution in [0.2, 0.25) is 0 Å². The minimum Gasteiger partial charge on any atom is -0.369 e. The van der Waals surface area contributed by atoms with Crippen molar-refractivity contribution in [2.24, 2.45) is 16.0 Å². The molecule has 0 fully saturated rings. The van der Waals surface area contributed by atoms with Crippen molar-refractivity contribution >= 4 is 15.9 Å². The number of hydrogen-bond donors (Lipinski definition) is 2. The van der Waals surface area contributed by atoms with Gasteiger partial charge >= 0.3 is 0 Å². The fraction of sp³-hybridized carbons (Fsp3) is 0.222. The summed E-state index contributed by atoms with van der Waals surface area (Å²) in [6.07, 6.45) is 0.101. The Morgan fingerprint density at radius 3 is 2.33 bits per heavy atom. The predicted octanol–water partition coefficient (Wildman–Crippen LogP) is 0.0407. The van der Waals surface area contributed by atoms with Crippen LogP contribution in [-0.2, 0) is 21.2 Å². The summed E-state index contributed by atoms with van der Waals surface area (Å²) in [6.45, 7) is 0. The van der Waals surface area contributed by atoms with Gasteiger partial charge in [-0.3, -0.25) is 4.79 Å². The molecule has 9 heteroatoms. The number of primary sulfonamides is 1. The van der Waals surface area contributed by atoms with Crippen LogP contribution in [0, 0.1) is 0 Å². The number of hydrogen-bond acceptors (Lipinski definition) is 4. The second-order valence-electron chi connectivity index (χ2n) is 3.52. The van der Waals surface area contributed by atoms with Crippen molar-refractivity contribution in [1.29, 1.82) is 0 Å². The summed E-state index contributed by atoms with van der Waals surface area (Å²) in [7, 11) is -3.75. The summed E-state index contributed by atoms with van der Waals surface area (Å²) in [5.74, 6) is -0.747. The van der Waals surface area contributed by atoms with Gasteiger partial charge < -0.3 is 5.73 Å². The number of carbonyl (C=O) groups is 1. The van der Waals surface area contributed by atoms with E-state index in [4.69, 9.17) is 16.4 Å². The normalized spacial score (nSPS) is 12.5. The molecule has 96 valence electrons. The standard InChI is InChI=1S/C9H11N5O3S/c10-9(15)8(13-14-11)5-6-1-3-7(4-2-6)18(12,16)17/h1-4,8H,5H2,(H2,10,15)(H2,12,16,17). The lowest BCUT2D eigenvalue weighted by atomic mass is 10.1. The van der Waals surface area contributed by atoms with E-state index < -0.39 is 22.0 Å². The molecule has 8 nitrogen and oxygen atoms in total. The van der Waals surface area contributed by atoms with Crippen molar-refractivity contribution in [3.8, 4) is 0 Å². The molecule has 4 N–H and O–H groups in total. The number of sulfonamides is 1. The molecule has 0 saturated heterocycles. The van der Waals surface area contributed by atoms with Crippen LogP contribution in [0.5, 0.6) is 0 Å². The minimum atomic E-state index is -3.75. The molecule has 0 aliphatic rings. The number of azide groups is 1. The van der Waals surface area contributed by atoms with Crippen LogP contribution in [0.15, 0.2) is 34.3 Å². The monoisotopic (exact) mass is 269 g/mol. The first kappa shape index (κ1) is 14.0. The molecule has 1 aromatic carbocycles. The molecule has 0 heterocycles. The predicted molar refractivity (Wildman–Crippen MR) is 63.6 cm³/mol. The van der Waals surface area contributed by atoms with E-state index in [1.165, 1.54) is 24.3 Å². The topological polar surface area (TPSA) is 152 Å². The summed E-state index contributed by atoms with van der Waals surface area (Å²) in [5, 5.41) is 8.19. The maximum absolute atomic E-state index is 11.0. The van der Waals surface area contributed by atoms with Crippen LogP contribution in [0.1, 0.15) is 5.56 Å². The Morgan fingerprint density at radius 2 is 1.94 bits per heavy atom. The first-order valence-electron chi connectivity index (χ1n) is 4.80. The Balaban J connectivity index is 2.93. The van der Waals surface area contributed by atoms with Crippen LogP contribution >= 0.6 is 0 Å². The van der Waals surface area contributed by atoms with Crippen LogP contribution in [0.25, 0.3) is 10.4 Å². The molecule has 0 aromatic heterocycles. The quantitative estimate of drug-likeness (QED) is 0.440. The van der Waals surface area contributed by atoms with Gasteiger partial charge in [-0.05, 0) is 29.6 Å². The smallest absolute Gasteiger partial charge is 0.238 e. The van der Waals surface area contributed by atoms with Crippen molar-refractivity contribution in [3.05, 3.63) is 40.3 Å². The van der Waals surface area contributed by atoms with Crippen molar-refractivity contribution in [3.63, 3.8) is 0 Å². The van der Waals surface area contributed by atoms with Gasteiger partial charge in [0.05, 0.1) is 4.90 Å². The van der Waals surface area contributed by atoms with Crippen molar-refractivity contribution in [2.75, 3.05) is 0 Å². The summed E-state index contributed by atoms with van der Waals surface area (Å²) in [6, 6.07) is 4.55. The molecule has 0 spiro atoms. The van der Waals surface area contributed by atoms with E-state index in [1.54, 1.807) is 0 Å². The molecule has 18 heavy (non-hydrogen) atoms. The lowest BCUT2D eigenvalue weighted by molar-refractivity contribution is -0.119. The highest BCUT2D eigenvalue weighted by Gasteiger charge is 2.14. The van der Waals surface area contributed by atoms with E-state index in [9.17, 15) is 13.2 Å². The molecule has 1 aromatic rings. The van der Waals surface area contributed by atoms with Gasteiger partial charge in [-0.15, -0.1) is 0 Å². The fourth-order valence-electron chi connectivity index (χ4n) is 1.30. The van der Waals surface area contributed by atoms with Crippen molar-refractivity contribution in [1.82, 2.24) is 0 Å². The number of benzene rings is 1. The van der Waals surface area contributed by atoms with E-state index in [0.717, 1.165) is 0 Å². The Kier molecular flexibility index (Phi) is 4.27. The third-order valence-corrected chi connectivity index (χ3v) is 3.13. The zero-order chi connectivity index (χ0) is 13.8. The molecule has 0 bridgehead atoms. The van der Waals surface area contributed by atoms with E-state index in [2.05, 4.69) is 10.0 Å². The molecular weight excluding hydrogens is 258 g/mol. The van der Waals surface area contributed by atoms with Crippen molar-refractivity contribution < 1.29 is 13.2 Å². The van der Waals surface area contributed by atoms with Crippen LogP contribution in [-0.4, -0.2) is 20.4 Å². The zero-order valence-corrected chi connectivity index (χ0v) is 10.0. The third-order valence-electron chi connectivity index (χ3n) is 2.20. The molecule has 1 unspecified atom stereocenters. The average Bonchev–Trinajstić information content (AvgIpc) is 2.28.